The number of carbonyl (C=O) groups is 2. The fourth-order valence-corrected chi connectivity index (χ4v) is 4.60. The third-order valence-electron chi connectivity index (χ3n) is 7.11. The lowest BCUT2D eigenvalue weighted by Gasteiger charge is -2.03. The van der Waals surface area contributed by atoms with E-state index in [9.17, 15) is 9.59 Å². The molecule has 0 saturated carbocycles. The molecule has 2 nitrogen and oxygen atoms in total. The molecule has 2 aromatic carbocycles. The summed E-state index contributed by atoms with van der Waals surface area (Å²) in [4.78, 5) is 21.7. The first-order valence-electron chi connectivity index (χ1n) is 15.2. The summed E-state index contributed by atoms with van der Waals surface area (Å²) >= 11 is 0. The van der Waals surface area contributed by atoms with Crippen LogP contribution in [0.4, 0.5) is 0 Å². The fourth-order valence-electron chi connectivity index (χ4n) is 4.60. The van der Waals surface area contributed by atoms with Crippen molar-refractivity contribution in [2.75, 3.05) is 0 Å². The van der Waals surface area contributed by atoms with Crippen molar-refractivity contribution in [1.82, 2.24) is 0 Å². The first-order valence-corrected chi connectivity index (χ1v) is 15.2. The highest BCUT2D eigenvalue weighted by molar-refractivity contribution is 5.94. The molecule has 2 aromatic rings. The van der Waals surface area contributed by atoms with Crippen molar-refractivity contribution >= 4 is 12.1 Å². The van der Waals surface area contributed by atoms with E-state index in [2.05, 4.69) is 38.1 Å². The zero-order valence-electron chi connectivity index (χ0n) is 24.2. The van der Waals surface area contributed by atoms with E-state index in [1.54, 1.807) is 6.92 Å². The van der Waals surface area contributed by atoms with E-state index in [1.807, 2.05) is 24.3 Å². The molecule has 0 aromatic heterocycles. The minimum absolute atomic E-state index is 0. The molecule has 0 amide bonds. The average molecular weight is 523 g/mol. The van der Waals surface area contributed by atoms with Crippen molar-refractivity contribution in [3.05, 3.63) is 70.8 Å². The number of hydrogen-bond acceptors (Lipinski definition) is 2. The highest BCUT2D eigenvalue weighted by Gasteiger charge is 1.99. The van der Waals surface area contributed by atoms with E-state index in [0.717, 1.165) is 30.3 Å². The second kappa shape index (κ2) is 25.1. The molecule has 2 rings (SSSR count). The smallest absolute Gasteiger partial charge is 0.159 e. The number of aldehydes is 1. The lowest BCUT2D eigenvalue weighted by atomic mass is 10.0. The van der Waals surface area contributed by atoms with Gasteiger partial charge in [0.25, 0.3) is 0 Å². The highest BCUT2D eigenvalue weighted by atomic mass is 16.1. The van der Waals surface area contributed by atoms with Gasteiger partial charge in [0.05, 0.1) is 0 Å². The molecule has 0 radical (unpaired) electrons. The number of ketones is 1. The molecule has 0 unspecified atom stereocenters. The zero-order valence-corrected chi connectivity index (χ0v) is 24.2. The Hall–Kier alpha value is -2.22. The number of unbranched alkanes of at least 4 members (excludes halogenated alkanes) is 14. The van der Waals surface area contributed by atoms with Crippen molar-refractivity contribution in [3.63, 3.8) is 0 Å². The molecule has 0 saturated heterocycles. The molecule has 0 heterocycles. The monoisotopic (exact) mass is 522 g/mol. The van der Waals surface area contributed by atoms with Crippen molar-refractivity contribution in [1.29, 1.82) is 0 Å². The molecule has 0 N–H and O–H groups in total. The Morgan fingerprint density at radius 1 is 0.553 bits per heavy atom. The maximum absolute atomic E-state index is 11.2. The maximum atomic E-state index is 11.2. The quantitative estimate of drug-likeness (QED) is 0.0984. The van der Waals surface area contributed by atoms with Crippen LogP contribution in [0.25, 0.3) is 0 Å². The van der Waals surface area contributed by atoms with Gasteiger partial charge in [0.2, 0.25) is 0 Å². The van der Waals surface area contributed by atoms with E-state index >= 15 is 0 Å². The average Bonchev–Trinajstić information content (AvgIpc) is 2.92. The minimum Gasteiger partial charge on any atom is -0.298 e. The lowest BCUT2D eigenvalue weighted by molar-refractivity contribution is 0.101. The predicted octanol–water partition coefficient (Wildman–Crippen LogP) is 11.4. The lowest BCUT2D eigenvalue weighted by Crippen LogP contribution is -1.92. The summed E-state index contributed by atoms with van der Waals surface area (Å²) in [5, 5.41) is 0. The SMILES string of the molecule is C.CCCCCCCCCCc1ccc(C(C)=O)cc1.CCCCCCCCCCc1ccc(C=O)cc1. The van der Waals surface area contributed by atoms with Crippen molar-refractivity contribution < 1.29 is 9.59 Å². The first kappa shape index (κ1) is 35.8. The predicted molar refractivity (Wildman–Crippen MR) is 168 cm³/mol. The van der Waals surface area contributed by atoms with Gasteiger partial charge in [0.15, 0.2) is 5.78 Å². The van der Waals surface area contributed by atoms with Crippen LogP contribution >= 0.6 is 0 Å². The standard InChI is InChI=1S/C18H28O.C17H26O.CH4/c1-3-4-5-6-7-8-9-10-11-17-12-14-18(15-13-17)16(2)19;1-2-3-4-5-6-7-8-9-10-16-11-13-17(15-18)14-12-16;/h12-15H,3-11H2,1-2H3;11-15H,2-10H2,1H3;1H4. The molecule has 0 spiro atoms. The number of rotatable bonds is 20. The van der Waals surface area contributed by atoms with Gasteiger partial charge in [0.1, 0.15) is 6.29 Å². The second-order valence-corrected chi connectivity index (χ2v) is 10.6. The van der Waals surface area contributed by atoms with Crippen molar-refractivity contribution in [2.45, 2.75) is 144 Å². The fraction of sp³-hybridized carbons (Fsp3) is 0.611. The number of hydrogen-bond donors (Lipinski definition) is 0. The molecule has 0 aliphatic heterocycles. The molecule has 214 valence electrons. The van der Waals surface area contributed by atoms with Gasteiger partial charge in [-0.1, -0.05) is 160 Å². The van der Waals surface area contributed by atoms with Crippen LogP contribution in [0, 0.1) is 0 Å². The van der Waals surface area contributed by atoms with Gasteiger partial charge in [-0.05, 0) is 43.7 Å². The Morgan fingerprint density at radius 3 is 1.24 bits per heavy atom. The molecule has 0 aliphatic carbocycles. The first-order chi connectivity index (χ1) is 18.1. The Bertz CT molecular complexity index is 804. The number of benzene rings is 2. The topological polar surface area (TPSA) is 34.1 Å². The van der Waals surface area contributed by atoms with Crippen LogP contribution in [0.1, 0.15) is 163 Å². The van der Waals surface area contributed by atoms with Crippen LogP contribution in [-0.2, 0) is 12.8 Å². The number of Topliss-reactive ketones (excluding diaryl/α,β-unsaturated/α-hetero) is 1. The summed E-state index contributed by atoms with van der Waals surface area (Å²) in [6.45, 7) is 6.14. The summed E-state index contributed by atoms with van der Waals surface area (Å²) in [5.74, 6) is 0.152. The van der Waals surface area contributed by atoms with Gasteiger partial charge < -0.3 is 0 Å². The zero-order chi connectivity index (χ0) is 27.0. The number of aryl methyl sites for hydroxylation is 2. The highest BCUT2D eigenvalue weighted by Crippen LogP contribution is 2.13. The van der Waals surface area contributed by atoms with Gasteiger partial charge in [-0.25, -0.2) is 0 Å². The second-order valence-electron chi connectivity index (χ2n) is 10.6. The third-order valence-corrected chi connectivity index (χ3v) is 7.11. The number of carbonyl (C=O) groups excluding carboxylic acids is 2. The Balaban J connectivity index is 0.000000703. The molecule has 2 heteroatoms. The van der Waals surface area contributed by atoms with E-state index in [0.29, 0.717) is 0 Å². The summed E-state index contributed by atoms with van der Waals surface area (Å²) < 4.78 is 0. The normalized spacial score (nSPS) is 10.3. The largest absolute Gasteiger partial charge is 0.298 e. The van der Waals surface area contributed by atoms with E-state index < -0.39 is 0 Å². The molecule has 0 bridgehead atoms. The van der Waals surface area contributed by atoms with E-state index in [-0.39, 0.29) is 13.2 Å². The van der Waals surface area contributed by atoms with Crippen LogP contribution in [0.15, 0.2) is 48.5 Å². The van der Waals surface area contributed by atoms with E-state index in [1.165, 1.54) is 114 Å². The van der Waals surface area contributed by atoms with Crippen LogP contribution in [0.2, 0.25) is 0 Å². The Morgan fingerprint density at radius 2 is 0.895 bits per heavy atom. The van der Waals surface area contributed by atoms with Gasteiger partial charge in [-0.3, -0.25) is 9.59 Å². The molecule has 0 fully saturated rings. The van der Waals surface area contributed by atoms with Crippen LogP contribution < -0.4 is 0 Å². The van der Waals surface area contributed by atoms with Crippen molar-refractivity contribution in [2.24, 2.45) is 0 Å². The molecular weight excluding hydrogens is 464 g/mol. The summed E-state index contributed by atoms with van der Waals surface area (Å²) in [7, 11) is 0. The van der Waals surface area contributed by atoms with E-state index in [4.69, 9.17) is 0 Å². The summed E-state index contributed by atoms with van der Waals surface area (Å²) in [6, 6.07) is 16.1. The minimum atomic E-state index is 0. The molecular formula is C36H58O2. The Labute approximate surface area is 236 Å². The molecule has 0 atom stereocenters. The summed E-state index contributed by atoms with van der Waals surface area (Å²) in [5.41, 5.74) is 4.30. The molecule has 0 aliphatic rings. The van der Waals surface area contributed by atoms with Gasteiger partial charge >= 0.3 is 0 Å². The van der Waals surface area contributed by atoms with Crippen LogP contribution in [-0.4, -0.2) is 12.1 Å². The van der Waals surface area contributed by atoms with Gasteiger partial charge in [-0.2, -0.15) is 0 Å². The van der Waals surface area contributed by atoms with Gasteiger partial charge in [-0.15, -0.1) is 0 Å². The maximum Gasteiger partial charge on any atom is 0.159 e. The Kier molecular flexibility index (Phi) is 23.6. The molecule has 38 heavy (non-hydrogen) atoms. The summed E-state index contributed by atoms with van der Waals surface area (Å²) in [6.07, 6.45) is 25.0. The third kappa shape index (κ3) is 18.9. The van der Waals surface area contributed by atoms with Crippen molar-refractivity contribution in [3.8, 4) is 0 Å². The van der Waals surface area contributed by atoms with Crippen LogP contribution in [0.5, 0.6) is 0 Å². The van der Waals surface area contributed by atoms with Crippen LogP contribution in [0.3, 0.4) is 0 Å². The van der Waals surface area contributed by atoms with Gasteiger partial charge in [0, 0.05) is 11.1 Å².